The van der Waals surface area contributed by atoms with Crippen molar-refractivity contribution in [3.8, 4) is 0 Å². The quantitative estimate of drug-likeness (QED) is 0.888. The molecule has 2 N–H and O–H groups in total. The molecule has 0 amide bonds. The fourth-order valence-electron chi connectivity index (χ4n) is 2.77. The Hall–Kier alpha value is -1.03. The Kier molecular flexibility index (Phi) is 4.19. The Morgan fingerprint density at radius 1 is 1.32 bits per heavy atom. The normalized spacial score (nSPS) is 21.3. The van der Waals surface area contributed by atoms with Crippen molar-refractivity contribution < 1.29 is 13.2 Å². The van der Waals surface area contributed by atoms with Crippen molar-refractivity contribution >= 4 is 0 Å². The van der Waals surface area contributed by atoms with Crippen LogP contribution in [-0.2, 0) is 6.42 Å². The smallest absolute Gasteiger partial charge is 0.248 e. The average molecular weight is 271 g/mol. The maximum Gasteiger partial charge on any atom is 0.248 e. The van der Waals surface area contributed by atoms with Crippen LogP contribution >= 0.6 is 0 Å². The van der Waals surface area contributed by atoms with E-state index >= 15 is 0 Å². The van der Waals surface area contributed by atoms with Gasteiger partial charge in [0.25, 0.3) is 0 Å². The van der Waals surface area contributed by atoms with Crippen molar-refractivity contribution in [1.29, 1.82) is 0 Å². The Morgan fingerprint density at radius 2 is 1.95 bits per heavy atom. The molecular formula is C15H20F3N. The van der Waals surface area contributed by atoms with E-state index in [9.17, 15) is 13.2 Å². The Balaban J connectivity index is 1.98. The summed E-state index contributed by atoms with van der Waals surface area (Å²) in [7, 11) is 0. The van der Waals surface area contributed by atoms with Crippen LogP contribution in [0, 0.1) is 18.7 Å². The van der Waals surface area contributed by atoms with Gasteiger partial charge in [0.2, 0.25) is 5.92 Å². The second-order valence-electron chi connectivity index (χ2n) is 5.63. The first-order chi connectivity index (χ1) is 8.87. The first-order valence-electron chi connectivity index (χ1n) is 6.76. The number of aryl methyl sites for hydroxylation is 1. The summed E-state index contributed by atoms with van der Waals surface area (Å²) in [5.41, 5.74) is 8.00. The summed E-state index contributed by atoms with van der Waals surface area (Å²) in [5, 5.41) is 0. The Labute approximate surface area is 112 Å². The van der Waals surface area contributed by atoms with Crippen molar-refractivity contribution in [3.63, 3.8) is 0 Å². The number of nitrogens with two attached hydrogens (primary N) is 1. The highest BCUT2D eigenvalue weighted by Crippen LogP contribution is 2.37. The van der Waals surface area contributed by atoms with Crippen molar-refractivity contribution in [3.05, 3.63) is 35.1 Å². The summed E-state index contributed by atoms with van der Waals surface area (Å²) in [6.45, 7) is 1.91. The summed E-state index contributed by atoms with van der Waals surface area (Å²) in [4.78, 5) is 0. The van der Waals surface area contributed by atoms with Gasteiger partial charge in [0, 0.05) is 18.9 Å². The molecule has 106 valence electrons. The lowest BCUT2D eigenvalue weighted by Crippen LogP contribution is -2.37. The van der Waals surface area contributed by atoms with Gasteiger partial charge in [-0.25, -0.2) is 13.2 Å². The van der Waals surface area contributed by atoms with Crippen LogP contribution in [0.4, 0.5) is 13.2 Å². The topological polar surface area (TPSA) is 26.0 Å². The van der Waals surface area contributed by atoms with E-state index in [1.54, 1.807) is 6.07 Å². The molecule has 0 saturated heterocycles. The lowest BCUT2D eigenvalue weighted by Gasteiger charge is -2.32. The molecule has 1 saturated carbocycles. The minimum atomic E-state index is -2.52. The second kappa shape index (κ2) is 5.53. The average Bonchev–Trinajstić information content (AvgIpc) is 2.33. The van der Waals surface area contributed by atoms with E-state index in [2.05, 4.69) is 0 Å². The molecule has 1 nitrogen and oxygen atoms in total. The van der Waals surface area contributed by atoms with E-state index in [1.165, 1.54) is 12.1 Å². The van der Waals surface area contributed by atoms with Gasteiger partial charge in [-0.1, -0.05) is 6.07 Å². The van der Waals surface area contributed by atoms with Crippen molar-refractivity contribution in [2.75, 3.05) is 0 Å². The van der Waals surface area contributed by atoms with Gasteiger partial charge in [0.15, 0.2) is 0 Å². The highest BCUT2D eigenvalue weighted by molar-refractivity contribution is 5.27. The van der Waals surface area contributed by atoms with Gasteiger partial charge < -0.3 is 5.73 Å². The van der Waals surface area contributed by atoms with E-state index in [-0.39, 0.29) is 30.6 Å². The molecule has 1 aliphatic rings. The molecule has 0 radical (unpaired) electrons. The zero-order valence-electron chi connectivity index (χ0n) is 11.1. The third-order valence-electron chi connectivity index (χ3n) is 4.13. The number of hydrogen-bond acceptors (Lipinski definition) is 1. The molecule has 0 bridgehead atoms. The van der Waals surface area contributed by atoms with Crippen LogP contribution in [0.5, 0.6) is 0 Å². The van der Waals surface area contributed by atoms with Crippen LogP contribution in [0.1, 0.15) is 36.8 Å². The highest BCUT2D eigenvalue weighted by atomic mass is 19.3. The SMILES string of the molecule is Cc1ccc(F)cc1CC(N)C1CCC(F)(F)CC1. The lowest BCUT2D eigenvalue weighted by atomic mass is 9.80. The fourth-order valence-corrected chi connectivity index (χ4v) is 2.77. The highest BCUT2D eigenvalue weighted by Gasteiger charge is 2.36. The zero-order valence-corrected chi connectivity index (χ0v) is 11.1. The standard InChI is InChI=1S/C15H20F3N/c1-10-2-3-13(16)8-12(10)9-14(19)11-4-6-15(17,18)7-5-11/h2-3,8,11,14H,4-7,9,19H2,1H3. The fraction of sp³-hybridized carbons (Fsp3) is 0.600. The van der Waals surface area contributed by atoms with Crippen molar-refractivity contribution in [2.24, 2.45) is 11.7 Å². The minimum absolute atomic E-state index is 0.0759. The molecule has 0 spiro atoms. The summed E-state index contributed by atoms with van der Waals surface area (Å²) in [6.07, 6.45) is 1.33. The number of halogens is 3. The predicted molar refractivity (Wildman–Crippen MR) is 69.7 cm³/mol. The van der Waals surface area contributed by atoms with Gasteiger partial charge in [-0.2, -0.15) is 0 Å². The van der Waals surface area contributed by atoms with Gasteiger partial charge in [-0.15, -0.1) is 0 Å². The molecule has 0 aliphatic heterocycles. The summed E-state index contributed by atoms with van der Waals surface area (Å²) in [6, 6.07) is 4.47. The molecule has 4 heteroatoms. The van der Waals surface area contributed by atoms with E-state index < -0.39 is 5.92 Å². The Bertz CT molecular complexity index is 435. The molecule has 0 heterocycles. The van der Waals surface area contributed by atoms with Crippen molar-refractivity contribution in [1.82, 2.24) is 0 Å². The van der Waals surface area contributed by atoms with Gasteiger partial charge in [-0.05, 0) is 55.4 Å². The minimum Gasteiger partial charge on any atom is -0.327 e. The molecule has 1 fully saturated rings. The van der Waals surface area contributed by atoms with Crippen LogP contribution in [0.2, 0.25) is 0 Å². The third-order valence-corrected chi connectivity index (χ3v) is 4.13. The third kappa shape index (κ3) is 3.72. The largest absolute Gasteiger partial charge is 0.327 e. The van der Waals surface area contributed by atoms with E-state index in [1.807, 2.05) is 6.92 Å². The van der Waals surface area contributed by atoms with Gasteiger partial charge in [-0.3, -0.25) is 0 Å². The number of benzene rings is 1. The van der Waals surface area contributed by atoms with E-state index in [4.69, 9.17) is 5.73 Å². The van der Waals surface area contributed by atoms with Crippen LogP contribution in [0.25, 0.3) is 0 Å². The lowest BCUT2D eigenvalue weighted by molar-refractivity contribution is -0.0481. The first-order valence-corrected chi connectivity index (χ1v) is 6.76. The molecule has 19 heavy (non-hydrogen) atoms. The molecule has 1 aromatic carbocycles. The summed E-state index contributed by atoms with van der Waals surface area (Å²) < 4.78 is 39.4. The van der Waals surface area contributed by atoms with E-state index in [0.29, 0.717) is 19.3 Å². The van der Waals surface area contributed by atoms with E-state index in [0.717, 1.165) is 11.1 Å². The van der Waals surface area contributed by atoms with Crippen molar-refractivity contribution in [2.45, 2.75) is 51.0 Å². The summed E-state index contributed by atoms with van der Waals surface area (Å²) in [5.74, 6) is -2.68. The monoisotopic (exact) mass is 271 g/mol. The number of rotatable bonds is 3. The van der Waals surface area contributed by atoms with Gasteiger partial charge in [0.1, 0.15) is 5.82 Å². The predicted octanol–water partition coefficient (Wildman–Crippen LogP) is 3.83. The van der Waals surface area contributed by atoms with Crippen LogP contribution in [0.15, 0.2) is 18.2 Å². The molecule has 1 atom stereocenters. The van der Waals surface area contributed by atoms with Crippen LogP contribution < -0.4 is 5.73 Å². The number of hydrogen-bond donors (Lipinski definition) is 1. The molecule has 1 aromatic rings. The maximum atomic E-state index is 13.2. The number of alkyl halides is 2. The maximum absolute atomic E-state index is 13.2. The Morgan fingerprint density at radius 3 is 2.58 bits per heavy atom. The van der Waals surface area contributed by atoms with Crippen LogP contribution in [-0.4, -0.2) is 12.0 Å². The molecule has 0 aromatic heterocycles. The molecule has 1 unspecified atom stereocenters. The van der Waals surface area contributed by atoms with Crippen LogP contribution in [0.3, 0.4) is 0 Å². The first kappa shape index (κ1) is 14.4. The molecule has 1 aliphatic carbocycles. The molecule has 2 rings (SSSR count). The molecular weight excluding hydrogens is 251 g/mol. The van der Waals surface area contributed by atoms with Gasteiger partial charge in [0.05, 0.1) is 0 Å². The van der Waals surface area contributed by atoms with Gasteiger partial charge >= 0.3 is 0 Å². The zero-order chi connectivity index (χ0) is 14.0. The second-order valence-corrected chi connectivity index (χ2v) is 5.63. The summed E-state index contributed by atoms with van der Waals surface area (Å²) >= 11 is 0.